The molecule has 1 aromatic carbocycles. The van der Waals surface area contributed by atoms with Crippen molar-refractivity contribution in [3.63, 3.8) is 0 Å². The molecule has 106 valence electrons. The van der Waals surface area contributed by atoms with E-state index in [1.165, 1.54) is 16.8 Å². The van der Waals surface area contributed by atoms with Crippen LogP contribution < -0.4 is 16.0 Å². The Morgan fingerprint density at radius 2 is 2.26 bits per heavy atom. The predicted octanol–water partition coefficient (Wildman–Crippen LogP) is 1.04. The van der Waals surface area contributed by atoms with Crippen LogP contribution in [0.1, 0.15) is 30.5 Å². The van der Waals surface area contributed by atoms with Gasteiger partial charge in [0.1, 0.15) is 0 Å². The molecule has 0 aliphatic carbocycles. The molecule has 4 nitrogen and oxygen atoms in total. The van der Waals surface area contributed by atoms with Gasteiger partial charge in [-0.3, -0.25) is 0 Å². The lowest BCUT2D eigenvalue weighted by Crippen LogP contribution is -2.35. The molecule has 2 rings (SSSR count). The van der Waals surface area contributed by atoms with Gasteiger partial charge in [0.2, 0.25) is 0 Å². The molecular formula is C15H25N3O. The molecule has 19 heavy (non-hydrogen) atoms. The predicted molar refractivity (Wildman–Crippen MR) is 79.5 cm³/mol. The highest BCUT2D eigenvalue weighted by Crippen LogP contribution is 2.29. The van der Waals surface area contributed by atoms with Crippen molar-refractivity contribution in [2.24, 2.45) is 5.73 Å². The number of benzene rings is 1. The minimum absolute atomic E-state index is 0.165. The quantitative estimate of drug-likeness (QED) is 0.717. The van der Waals surface area contributed by atoms with E-state index in [4.69, 9.17) is 10.8 Å². The maximum absolute atomic E-state index is 8.97. The first-order valence-corrected chi connectivity index (χ1v) is 7.06. The molecule has 4 N–H and O–H groups in total. The molecule has 0 fully saturated rings. The fourth-order valence-corrected chi connectivity index (χ4v) is 2.72. The van der Waals surface area contributed by atoms with Gasteiger partial charge in [0.25, 0.3) is 0 Å². The molecule has 0 aromatic heterocycles. The van der Waals surface area contributed by atoms with Crippen molar-refractivity contribution in [3.05, 3.63) is 29.3 Å². The largest absolute Gasteiger partial charge is 0.396 e. The summed E-state index contributed by atoms with van der Waals surface area (Å²) in [5.74, 6) is 0. The van der Waals surface area contributed by atoms with Gasteiger partial charge >= 0.3 is 0 Å². The normalized spacial score (nSPS) is 17.4. The first-order valence-electron chi connectivity index (χ1n) is 7.06. The Labute approximate surface area is 115 Å². The zero-order valence-electron chi connectivity index (χ0n) is 11.9. The van der Waals surface area contributed by atoms with Crippen molar-refractivity contribution in [2.75, 3.05) is 31.6 Å². The molecule has 2 atom stereocenters. The Bertz CT molecular complexity index is 422. The van der Waals surface area contributed by atoms with E-state index in [0.717, 1.165) is 19.4 Å². The topological polar surface area (TPSA) is 61.5 Å². The van der Waals surface area contributed by atoms with Crippen LogP contribution in [0, 0.1) is 0 Å². The fraction of sp³-hybridized carbons (Fsp3) is 0.600. The van der Waals surface area contributed by atoms with Crippen LogP contribution in [0.2, 0.25) is 0 Å². The summed E-state index contributed by atoms with van der Waals surface area (Å²) in [5.41, 5.74) is 9.89. The van der Waals surface area contributed by atoms with Gasteiger partial charge in [-0.2, -0.15) is 0 Å². The number of rotatable bonds is 6. The molecule has 0 amide bonds. The van der Waals surface area contributed by atoms with Gasteiger partial charge in [0, 0.05) is 44.5 Å². The smallest absolute Gasteiger partial charge is 0.0446 e. The molecule has 2 unspecified atom stereocenters. The van der Waals surface area contributed by atoms with Gasteiger partial charge in [-0.25, -0.2) is 0 Å². The third-order valence-electron chi connectivity index (χ3n) is 3.92. The molecule has 1 aliphatic heterocycles. The third kappa shape index (κ3) is 3.26. The van der Waals surface area contributed by atoms with Crippen molar-refractivity contribution in [2.45, 2.75) is 31.8 Å². The number of nitrogens with one attached hydrogen (secondary N) is 1. The average Bonchev–Trinajstić information content (AvgIpc) is 2.77. The lowest BCUT2D eigenvalue weighted by molar-refractivity contribution is 0.263. The van der Waals surface area contributed by atoms with Gasteiger partial charge in [-0.05, 0) is 37.0 Å². The number of aliphatic hydroxyl groups excluding tert-OH is 1. The van der Waals surface area contributed by atoms with Crippen LogP contribution in [0.4, 0.5) is 5.69 Å². The van der Waals surface area contributed by atoms with Crippen molar-refractivity contribution in [1.82, 2.24) is 5.32 Å². The van der Waals surface area contributed by atoms with Gasteiger partial charge < -0.3 is 21.1 Å². The van der Waals surface area contributed by atoms with Crippen LogP contribution in [0.5, 0.6) is 0 Å². The molecule has 0 saturated heterocycles. The zero-order valence-corrected chi connectivity index (χ0v) is 11.9. The zero-order chi connectivity index (χ0) is 13.8. The molecule has 1 heterocycles. The highest BCUT2D eigenvalue weighted by atomic mass is 16.3. The van der Waals surface area contributed by atoms with E-state index in [1.807, 2.05) is 0 Å². The van der Waals surface area contributed by atoms with E-state index in [-0.39, 0.29) is 18.7 Å². The second-order valence-electron chi connectivity index (χ2n) is 5.43. The van der Waals surface area contributed by atoms with Crippen molar-refractivity contribution in [1.29, 1.82) is 0 Å². The van der Waals surface area contributed by atoms with Crippen LogP contribution >= 0.6 is 0 Å². The molecule has 0 radical (unpaired) electrons. The van der Waals surface area contributed by atoms with Crippen LogP contribution in [-0.2, 0) is 6.42 Å². The Hall–Kier alpha value is -1.10. The second kappa shape index (κ2) is 6.37. The number of anilines is 1. The number of aliphatic hydroxyl groups is 1. The Kier molecular flexibility index (Phi) is 4.80. The van der Waals surface area contributed by atoms with Crippen LogP contribution in [0.15, 0.2) is 18.2 Å². The van der Waals surface area contributed by atoms with E-state index in [2.05, 4.69) is 42.4 Å². The first kappa shape index (κ1) is 14.3. The van der Waals surface area contributed by atoms with Gasteiger partial charge in [0.05, 0.1) is 0 Å². The summed E-state index contributed by atoms with van der Waals surface area (Å²) in [5, 5.41) is 12.5. The standard InChI is InChI=1S/C15H25N3O/c1-11(6-8-19)17-14(10-16)12-3-4-15-13(9-12)5-7-18(15)2/h3-4,9,11,14,17,19H,5-8,10,16H2,1-2H3. The fourth-order valence-electron chi connectivity index (χ4n) is 2.72. The van der Waals surface area contributed by atoms with E-state index < -0.39 is 0 Å². The number of hydrogen-bond acceptors (Lipinski definition) is 4. The van der Waals surface area contributed by atoms with Crippen molar-refractivity contribution < 1.29 is 5.11 Å². The lowest BCUT2D eigenvalue weighted by Gasteiger charge is -2.23. The number of likely N-dealkylation sites (N-methyl/N-ethyl adjacent to an activating group) is 1. The molecule has 0 bridgehead atoms. The Balaban J connectivity index is 2.11. The molecule has 1 aliphatic rings. The summed E-state index contributed by atoms with van der Waals surface area (Å²) in [6, 6.07) is 7.07. The third-order valence-corrected chi connectivity index (χ3v) is 3.92. The molecule has 0 saturated carbocycles. The number of hydrogen-bond donors (Lipinski definition) is 3. The van der Waals surface area contributed by atoms with Gasteiger partial charge in [-0.15, -0.1) is 0 Å². The average molecular weight is 263 g/mol. The van der Waals surface area contributed by atoms with Crippen molar-refractivity contribution in [3.8, 4) is 0 Å². The summed E-state index contributed by atoms with van der Waals surface area (Å²) in [7, 11) is 2.13. The molecule has 1 aromatic rings. The number of nitrogens with two attached hydrogens (primary N) is 1. The number of nitrogens with zero attached hydrogens (tertiary/aromatic N) is 1. The van der Waals surface area contributed by atoms with Crippen LogP contribution in [0.3, 0.4) is 0 Å². The Morgan fingerprint density at radius 1 is 1.47 bits per heavy atom. The summed E-state index contributed by atoms with van der Waals surface area (Å²) in [4.78, 5) is 2.29. The van der Waals surface area contributed by atoms with E-state index in [9.17, 15) is 0 Å². The molecule has 0 spiro atoms. The Morgan fingerprint density at radius 3 is 2.95 bits per heavy atom. The minimum Gasteiger partial charge on any atom is -0.396 e. The van der Waals surface area contributed by atoms with Gasteiger partial charge in [-0.1, -0.05) is 12.1 Å². The summed E-state index contributed by atoms with van der Waals surface area (Å²) in [6.07, 6.45) is 1.87. The lowest BCUT2D eigenvalue weighted by atomic mass is 10.0. The van der Waals surface area contributed by atoms with E-state index >= 15 is 0 Å². The minimum atomic E-state index is 0.165. The highest BCUT2D eigenvalue weighted by Gasteiger charge is 2.19. The van der Waals surface area contributed by atoms with Crippen molar-refractivity contribution >= 4 is 5.69 Å². The maximum Gasteiger partial charge on any atom is 0.0446 e. The van der Waals surface area contributed by atoms with Crippen LogP contribution in [0.25, 0.3) is 0 Å². The second-order valence-corrected chi connectivity index (χ2v) is 5.43. The van der Waals surface area contributed by atoms with E-state index in [0.29, 0.717) is 6.54 Å². The summed E-state index contributed by atoms with van der Waals surface area (Å²) < 4.78 is 0. The first-order chi connectivity index (χ1) is 9.15. The van der Waals surface area contributed by atoms with Gasteiger partial charge in [0.15, 0.2) is 0 Å². The maximum atomic E-state index is 8.97. The SMILES string of the molecule is CC(CCO)NC(CN)c1ccc2c(c1)CCN2C. The summed E-state index contributed by atoms with van der Waals surface area (Å²) in [6.45, 7) is 3.96. The highest BCUT2D eigenvalue weighted by molar-refractivity contribution is 5.58. The number of fused-ring (bicyclic) bond motifs is 1. The summed E-state index contributed by atoms with van der Waals surface area (Å²) >= 11 is 0. The monoisotopic (exact) mass is 263 g/mol. The molecule has 4 heteroatoms. The van der Waals surface area contributed by atoms with E-state index in [1.54, 1.807) is 0 Å². The van der Waals surface area contributed by atoms with Crippen LogP contribution in [-0.4, -0.2) is 37.9 Å². The molecular weight excluding hydrogens is 238 g/mol.